The second-order valence-electron chi connectivity index (χ2n) is 4.06. The van der Waals surface area contributed by atoms with Gasteiger partial charge in [0.05, 0.1) is 6.61 Å². The molecule has 88 valence electrons. The van der Waals surface area contributed by atoms with Crippen LogP contribution >= 0.6 is 15.9 Å². The lowest BCUT2D eigenvalue weighted by atomic mass is 10.0. The van der Waals surface area contributed by atoms with Crippen LogP contribution in [0.2, 0.25) is 0 Å². The minimum atomic E-state index is 0.120. The zero-order valence-corrected chi connectivity index (χ0v) is 11.2. The zero-order chi connectivity index (χ0) is 12.1. The summed E-state index contributed by atoms with van der Waals surface area (Å²) in [6, 6.07) is 16.4. The van der Waals surface area contributed by atoms with Gasteiger partial charge in [0, 0.05) is 4.47 Å². The second-order valence-corrected chi connectivity index (χ2v) is 4.97. The van der Waals surface area contributed by atoms with E-state index in [0.717, 1.165) is 22.9 Å². The molecular weight excluding hydrogens is 276 g/mol. The Kier molecular flexibility index (Phi) is 4.35. The lowest BCUT2D eigenvalue weighted by Gasteiger charge is -2.07. The Morgan fingerprint density at radius 2 is 1.65 bits per heavy atom. The van der Waals surface area contributed by atoms with E-state index in [2.05, 4.69) is 40.2 Å². The van der Waals surface area contributed by atoms with Crippen LogP contribution in [0.15, 0.2) is 53.0 Å². The number of aliphatic hydroxyl groups is 1. The highest BCUT2D eigenvalue weighted by atomic mass is 79.9. The molecule has 0 saturated carbocycles. The Morgan fingerprint density at radius 3 is 2.35 bits per heavy atom. The van der Waals surface area contributed by atoms with Crippen molar-refractivity contribution in [3.8, 4) is 0 Å². The van der Waals surface area contributed by atoms with Gasteiger partial charge in [-0.1, -0.05) is 52.3 Å². The van der Waals surface area contributed by atoms with Crippen molar-refractivity contribution in [1.29, 1.82) is 0 Å². The fourth-order valence-electron chi connectivity index (χ4n) is 1.93. The predicted molar refractivity (Wildman–Crippen MR) is 73.9 cm³/mol. The molecule has 0 amide bonds. The molecule has 0 heterocycles. The van der Waals surface area contributed by atoms with E-state index in [1.165, 1.54) is 11.1 Å². The molecule has 0 spiro atoms. The average Bonchev–Trinajstić information content (AvgIpc) is 2.37. The SMILES string of the molecule is OCc1ccccc1CCc1cccc(Br)c1. The van der Waals surface area contributed by atoms with Crippen molar-refractivity contribution in [3.63, 3.8) is 0 Å². The topological polar surface area (TPSA) is 20.2 Å². The molecule has 1 nitrogen and oxygen atoms in total. The van der Waals surface area contributed by atoms with E-state index >= 15 is 0 Å². The number of hydrogen-bond donors (Lipinski definition) is 1. The molecule has 0 atom stereocenters. The molecule has 2 aromatic rings. The van der Waals surface area contributed by atoms with Crippen LogP contribution in [0.25, 0.3) is 0 Å². The largest absolute Gasteiger partial charge is 0.392 e. The van der Waals surface area contributed by atoms with E-state index < -0.39 is 0 Å². The van der Waals surface area contributed by atoms with E-state index in [9.17, 15) is 5.11 Å². The normalized spacial score (nSPS) is 10.5. The van der Waals surface area contributed by atoms with Crippen LogP contribution < -0.4 is 0 Å². The Balaban J connectivity index is 2.07. The van der Waals surface area contributed by atoms with Crippen molar-refractivity contribution in [1.82, 2.24) is 0 Å². The monoisotopic (exact) mass is 290 g/mol. The van der Waals surface area contributed by atoms with E-state index in [1.54, 1.807) is 0 Å². The van der Waals surface area contributed by atoms with Crippen LogP contribution in [0.5, 0.6) is 0 Å². The average molecular weight is 291 g/mol. The molecule has 0 aliphatic carbocycles. The van der Waals surface area contributed by atoms with Gasteiger partial charge in [-0.15, -0.1) is 0 Å². The Bertz CT molecular complexity index is 494. The predicted octanol–water partition coefficient (Wildman–Crippen LogP) is 3.73. The maximum atomic E-state index is 9.25. The lowest BCUT2D eigenvalue weighted by molar-refractivity contribution is 0.280. The Hall–Kier alpha value is -1.12. The summed E-state index contributed by atoms with van der Waals surface area (Å²) in [6.07, 6.45) is 1.96. The summed E-state index contributed by atoms with van der Waals surface area (Å²) >= 11 is 3.48. The molecule has 0 aliphatic rings. The smallest absolute Gasteiger partial charge is 0.0684 e. The molecule has 0 aromatic heterocycles. The van der Waals surface area contributed by atoms with Gasteiger partial charge >= 0.3 is 0 Å². The number of aliphatic hydroxyl groups excluding tert-OH is 1. The number of rotatable bonds is 4. The fraction of sp³-hybridized carbons (Fsp3) is 0.200. The Morgan fingerprint density at radius 1 is 0.882 bits per heavy atom. The first-order chi connectivity index (χ1) is 8.29. The van der Waals surface area contributed by atoms with Gasteiger partial charge in [-0.05, 0) is 41.7 Å². The summed E-state index contributed by atoms with van der Waals surface area (Å²) in [5.74, 6) is 0. The maximum Gasteiger partial charge on any atom is 0.0684 e. The van der Waals surface area contributed by atoms with Gasteiger partial charge in [-0.25, -0.2) is 0 Å². The van der Waals surface area contributed by atoms with Crippen LogP contribution in [0.4, 0.5) is 0 Å². The standard InChI is InChI=1S/C15H15BrO/c16-15-7-3-4-12(10-15)8-9-13-5-1-2-6-14(13)11-17/h1-7,10,17H,8-9,11H2. The van der Waals surface area contributed by atoms with E-state index in [-0.39, 0.29) is 6.61 Å². The summed E-state index contributed by atoms with van der Waals surface area (Å²) in [5.41, 5.74) is 3.57. The molecule has 0 saturated heterocycles. The van der Waals surface area contributed by atoms with Crippen LogP contribution in [-0.4, -0.2) is 5.11 Å². The minimum absolute atomic E-state index is 0.120. The summed E-state index contributed by atoms with van der Waals surface area (Å²) in [7, 11) is 0. The summed E-state index contributed by atoms with van der Waals surface area (Å²) in [4.78, 5) is 0. The molecule has 0 aliphatic heterocycles. The molecule has 0 unspecified atom stereocenters. The van der Waals surface area contributed by atoms with Crippen molar-refractivity contribution in [3.05, 3.63) is 69.7 Å². The summed E-state index contributed by atoms with van der Waals surface area (Å²) in [6.45, 7) is 0.120. The van der Waals surface area contributed by atoms with Crippen LogP contribution in [0.3, 0.4) is 0 Å². The highest BCUT2D eigenvalue weighted by Crippen LogP contribution is 2.15. The molecule has 2 rings (SSSR count). The van der Waals surface area contributed by atoms with Gasteiger partial charge in [0.1, 0.15) is 0 Å². The Labute approximate surface area is 110 Å². The van der Waals surface area contributed by atoms with Crippen molar-refractivity contribution in [2.24, 2.45) is 0 Å². The molecule has 2 heteroatoms. The molecular formula is C15H15BrO. The lowest BCUT2D eigenvalue weighted by Crippen LogP contribution is -1.96. The van der Waals surface area contributed by atoms with Crippen LogP contribution in [-0.2, 0) is 19.4 Å². The minimum Gasteiger partial charge on any atom is -0.392 e. The number of halogens is 1. The van der Waals surface area contributed by atoms with Gasteiger partial charge in [0.15, 0.2) is 0 Å². The van der Waals surface area contributed by atoms with E-state index in [1.807, 2.05) is 24.3 Å². The van der Waals surface area contributed by atoms with Gasteiger partial charge in [0.25, 0.3) is 0 Å². The van der Waals surface area contributed by atoms with E-state index in [4.69, 9.17) is 0 Å². The third-order valence-electron chi connectivity index (χ3n) is 2.86. The molecule has 0 radical (unpaired) electrons. The number of hydrogen-bond acceptors (Lipinski definition) is 1. The zero-order valence-electron chi connectivity index (χ0n) is 9.57. The number of benzene rings is 2. The maximum absolute atomic E-state index is 9.25. The van der Waals surface area contributed by atoms with Crippen molar-refractivity contribution in [2.45, 2.75) is 19.4 Å². The molecule has 0 fully saturated rings. The number of aryl methyl sites for hydroxylation is 2. The van der Waals surface area contributed by atoms with Gasteiger partial charge < -0.3 is 5.11 Å². The quantitative estimate of drug-likeness (QED) is 0.910. The fourth-order valence-corrected chi connectivity index (χ4v) is 2.37. The third-order valence-corrected chi connectivity index (χ3v) is 3.35. The van der Waals surface area contributed by atoms with E-state index in [0.29, 0.717) is 0 Å². The van der Waals surface area contributed by atoms with Gasteiger partial charge in [0.2, 0.25) is 0 Å². The third kappa shape index (κ3) is 3.42. The van der Waals surface area contributed by atoms with Gasteiger partial charge in [-0.3, -0.25) is 0 Å². The summed E-state index contributed by atoms with van der Waals surface area (Å²) < 4.78 is 1.12. The van der Waals surface area contributed by atoms with Crippen molar-refractivity contribution in [2.75, 3.05) is 0 Å². The molecule has 1 N–H and O–H groups in total. The first kappa shape index (κ1) is 12.3. The van der Waals surface area contributed by atoms with Crippen molar-refractivity contribution < 1.29 is 5.11 Å². The van der Waals surface area contributed by atoms with Crippen LogP contribution in [0.1, 0.15) is 16.7 Å². The highest BCUT2D eigenvalue weighted by molar-refractivity contribution is 9.10. The van der Waals surface area contributed by atoms with Crippen LogP contribution in [0, 0.1) is 0 Å². The van der Waals surface area contributed by atoms with Gasteiger partial charge in [-0.2, -0.15) is 0 Å². The first-order valence-corrected chi connectivity index (χ1v) is 6.51. The molecule has 0 bridgehead atoms. The molecule has 17 heavy (non-hydrogen) atoms. The van der Waals surface area contributed by atoms with Crippen molar-refractivity contribution >= 4 is 15.9 Å². The summed E-state index contributed by atoms with van der Waals surface area (Å²) in [5, 5.41) is 9.25. The molecule has 2 aromatic carbocycles. The first-order valence-electron chi connectivity index (χ1n) is 5.71. The second kappa shape index (κ2) is 5.99. The highest BCUT2D eigenvalue weighted by Gasteiger charge is 2.01.